The Kier molecular flexibility index (Phi) is 13.7. The number of hydrogen-bond donors (Lipinski definition) is 3. The molecule has 0 spiro atoms. The topological polar surface area (TPSA) is 218 Å². The number of carbonyl (C=O) groups excluding carboxylic acids is 4. The van der Waals surface area contributed by atoms with E-state index in [0.717, 1.165) is 33.4 Å². The van der Waals surface area contributed by atoms with Crippen LogP contribution in [0.2, 0.25) is 0 Å². The van der Waals surface area contributed by atoms with Gasteiger partial charge in [-0.1, -0.05) is 20.8 Å². The van der Waals surface area contributed by atoms with E-state index in [1.807, 2.05) is 48.5 Å². The molecule has 5 rings (SSSR count). The number of carboxylic acids is 1. The number of fused-ring (bicyclic) bond motifs is 1. The van der Waals surface area contributed by atoms with E-state index in [1.54, 1.807) is 42.7 Å². The molecule has 4 aromatic rings. The summed E-state index contributed by atoms with van der Waals surface area (Å²) < 4.78 is 23.1. The van der Waals surface area contributed by atoms with Crippen molar-refractivity contribution in [2.45, 2.75) is 93.6 Å². The minimum absolute atomic E-state index is 0.00162. The molecule has 294 valence electrons. The van der Waals surface area contributed by atoms with Crippen LogP contribution in [0.5, 0.6) is 0 Å². The lowest BCUT2D eigenvalue weighted by Crippen LogP contribution is -2.29. The van der Waals surface area contributed by atoms with Gasteiger partial charge in [0.2, 0.25) is 11.9 Å². The Balaban J connectivity index is 0.000000352. The van der Waals surface area contributed by atoms with E-state index in [1.165, 1.54) is 6.33 Å². The summed E-state index contributed by atoms with van der Waals surface area (Å²) >= 11 is 0. The van der Waals surface area contributed by atoms with Gasteiger partial charge in [0.05, 0.1) is 23.6 Å². The lowest BCUT2D eigenvalue weighted by atomic mass is 10.0. The number of ether oxygens (including phenoxy) is 4. The number of aliphatic carboxylic acids is 1. The van der Waals surface area contributed by atoms with Gasteiger partial charge in [-0.25, -0.2) is 24.2 Å². The van der Waals surface area contributed by atoms with E-state index in [2.05, 4.69) is 25.0 Å². The number of amides is 1. The normalized spacial score (nSPS) is 16.3. The number of H-pyrrole nitrogens is 1. The van der Waals surface area contributed by atoms with Crippen molar-refractivity contribution < 1.29 is 48.0 Å². The van der Waals surface area contributed by atoms with Gasteiger partial charge in [0.25, 0.3) is 5.56 Å². The molecule has 0 saturated carbocycles. The van der Waals surface area contributed by atoms with E-state index in [-0.39, 0.29) is 35.4 Å². The van der Waals surface area contributed by atoms with Gasteiger partial charge in [-0.2, -0.15) is 4.98 Å². The van der Waals surface area contributed by atoms with Crippen molar-refractivity contribution in [3.05, 3.63) is 85.5 Å². The number of esters is 3. The molecule has 1 amide bonds. The zero-order valence-corrected chi connectivity index (χ0v) is 32.4. The summed E-state index contributed by atoms with van der Waals surface area (Å²) in [5.41, 5.74) is 6.68. The third-order valence-corrected chi connectivity index (χ3v) is 9.35. The van der Waals surface area contributed by atoms with Crippen LogP contribution in [-0.2, 0) is 33.3 Å². The number of aryl methyl sites for hydroxylation is 4. The molecule has 3 heterocycles. The molecular weight excluding hydrogens is 714 g/mol. The first kappa shape index (κ1) is 41.9. The van der Waals surface area contributed by atoms with Gasteiger partial charge in [0.15, 0.2) is 24.4 Å². The quantitative estimate of drug-likeness (QED) is 0.136. The Bertz CT molecular complexity index is 2120. The average Bonchev–Trinajstić information content (AvgIpc) is 3.74. The standard InChI is InChI=1S/C27H33N5O7.C12H14O4/c1-7-18-19(39-21(33)11-37-26(36)17-8-14(4)16(6)15(5)9-17)10-20(38-18)32-12-28-22-23(32)29-27(31-25(22)35)30-24(34)13(2)3;1-7-4-10(5-8(2)9(7)3)12(15)16-6-11(13)14/h8-9,12-13,18-20H,7,10-11H2,1-6H3,(H2,29,30,31,34,35);4-5H,6H2,1-3H3,(H,13,14). The number of anilines is 1. The second-order valence-electron chi connectivity index (χ2n) is 13.7. The molecule has 1 fully saturated rings. The lowest BCUT2D eigenvalue weighted by molar-refractivity contribution is -0.155. The van der Waals surface area contributed by atoms with Crippen LogP contribution in [-0.4, -0.2) is 79.8 Å². The molecule has 0 aliphatic carbocycles. The van der Waals surface area contributed by atoms with Gasteiger partial charge in [0, 0.05) is 12.3 Å². The Hall–Kier alpha value is -5.90. The second kappa shape index (κ2) is 18.0. The van der Waals surface area contributed by atoms with Crippen molar-refractivity contribution in [1.29, 1.82) is 0 Å². The predicted octanol–water partition coefficient (Wildman–Crippen LogP) is 4.96. The maximum absolute atomic E-state index is 12.6. The van der Waals surface area contributed by atoms with Gasteiger partial charge >= 0.3 is 23.9 Å². The van der Waals surface area contributed by atoms with Crippen LogP contribution >= 0.6 is 0 Å². The van der Waals surface area contributed by atoms with E-state index < -0.39 is 61.1 Å². The monoisotopic (exact) mass is 761 g/mol. The molecule has 16 nitrogen and oxygen atoms in total. The van der Waals surface area contributed by atoms with Crippen molar-refractivity contribution in [3.8, 4) is 0 Å². The minimum Gasteiger partial charge on any atom is -0.479 e. The fourth-order valence-corrected chi connectivity index (χ4v) is 5.74. The summed E-state index contributed by atoms with van der Waals surface area (Å²) in [5, 5.41) is 11.0. The summed E-state index contributed by atoms with van der Waals surface area (Å²) in [6.07, 6.45) is 0.567. The van der Waals surface area contributed by atoms with E-state index >= 15 is 0 Å². The van der Waals surface area contributed by atoms with E-state index in [0.29, 0.717) is 17.5 Å². The summed E-state index contributed by atoms with van der Waals surface area (Å²) in [4.78, 5) is 82.4. The number of nitrogens with one attached hydrogen (secondary N) is 2. The summed E-state index contributed by atoms with van der Waals surface area (Å²) in [5.74, 6) is -3.66. The second-order valence-corrected chi connectivity index (χ2v) is 13.7. The van der Waals surface area contributed by atoms with Crippen LogP contribution in [0.3, 0.4) is 0 Å². The number of nitrogens with zero attached hydrogens (tertiary/aromatic N) is 3. The Morgan fingerprint density at radius 3 is 1.93 bits per heavy atom. The van der Waals surface area contributed by atoms with Crippen LogP contribution in [0, 0.1) is 47.5 Å². The maximum atomic E-state index is 12.6. The largest absolute Gasteiger partial charge is 0.479 e. The fraction of sp³-hybridized carbons (Fsp3) is 0.436. The highest BCUT2D eigenvalue weighted by Crippen LogP contribution is 2.34. The van der Waals surface area contributed by atoms with Crippen molar-refractivity contribution >= 4 is 46.9 Å². The average molecular weight is 762 g/mol. The van der Waals surface area contributed by atoms with Gasteiger partial charge < -0.3 is 24.1 Å². The first-order chi connectivity index (χ1) is 25.9. The van der Waals surface area contributed by atoms with Crippen molar-refractivity contribution in [1.82, 2.24) is 19.5 Å². The SMILES string of the molecule is CCC1OC(n2cnc3c(=O)[nH]c(NC(=O)C(C)C)nc32)CC1OC(=O)COC(=O)c1cc(C)c(C)c(C)c1.Cc1cc(C(=O)OCC(=O)O)cc(C)c1C. The number of carbonyl (C=O) groups is 5. The number of imidazole rings is 1. The van der Waals surface area contributed by atoms with Crippen LogP contribution in [0.1, 0.15) is 93.9 Å². The number of rotatable bonds is 11. The van der Waals surface area contributed by atoms with E-state index in [4.69, 9.17) is 19.3 Å². The van der Waals surface area contributed by atoms with Gasteiger partial charge in [-0.3, -0.25) is 24.5 Å². The first-order valence-electron chi connectivity index (χ1n) is 17.7. The number of hydrogen-bond acceptors (Lipinski definition) is 12. The summed E-state index contributed by atoms with van der Waals surface area (Å²) in [7, 11) is 0. The Morgan fingerprint density at radius 2 is 1.44 bits per heavy atom. The molecule has 2 aromatic heterocycles. The smallest absolute Gasteiger partial charge is 0.344 e. The van der Waals surface area contributed by atoms with Crippen molar-refractivity contribution in [3.63, 3.8) is 0 Å². The highest BCUT2D eigenvalue weighted by atomic mass is 16.6. The van der Waals surface area contributed by atoms with Crippen molar-refractivity contribution in [2.24, 2.45) is 5.92 Å². The van der Waals surface area contributed by atoms with Crippen LogP contribution in [0.4, 0.5) is 5.95 Å². The summed E-state index contributed by atoms with van der Waals surface area (Å²) in [6, 6.07) is 6.86. The molecule has 2 aromatic carbocycles. The molecule has 3 N–H and O–H groups in total. The molecule has 0 radical (unpaired) electrons. The van der Waals surface area contributed by atoms with Gasteiger partial charge in [-0.15, -0.1) is 0 Å². The number of aromatic amines is 1. The third kappa shape index (κ3) is 10.4. The molecule has 16 heteroatoms. The predicted molar refractivity (Wildman–Crippen MR) is 200 cm³/mol. The highest BCUT2D eigenvalue weighted by Gasteiger charge is 2.39. The lowest BCUT2D eigenvalue weighted by Gasteiger charge is -2.17. The zero-order valence-electron chi connectivity index (χ0n) is 32.4. The summed E-state index contributed by atoms with van der Waals surface area (Å²) in [6.45, 7) is 15.8. The molecule has 1 aliphatic heterocycles. The van der Waals surface area contributed by atoms with E-state index in [9.17, 15) is 28.8 Å². The zero-order chi connectivity index (χ0) is 40.7. The van der Waals surface area contributed by atoms with Crippen molar-refractivity contribution in [2.75, 3.05) is 18.5 Å². The molecule has 55 heavy (non-hydrogen) atoms. The molecule has 1 aliphatic rings. The molecule has 0 bridgehead atoms. The van der Waals surface area contributed by atoms with Crippen LogP contribution in [0.25, 0.3) is 11.2 Å². The molecule has 3 unspecified atom stereocenters. The van der Waals surface area contributed by atoms with Crippen LogP contribution in [0.15, 0.2) is 35.4 Å². The first-order valence-corrected chi connectivity index (χ1v) is 17.7. The molecule has 3 atom stereocenters. The fourth-order valence-electron chi connectivity index (χ4n) is 5.74. The maximum Gasteiger partial charge on any atom is 0.344 e. The van der Waals surface area contributed by atoms with Crippen LogP contribution < -0.4 is 10.9 Å². The number of carboxylic acid groups (broad SMARTS) is 1. The number of aromatic nitrogens is 4. The van der Waals surface area contributed by atoms with Gasteiger partial charge in [0.1, 0.15) is 12.3 Å². The molecule has 1 saturated heterocycles. The Morgan fingerprint density at radius 1 is 0.909 bits per heavy atom. The highest BCUT2D eigenvalue weighted by molar-refractivity contribution is 5.92. The Labute approximate surface area is 317 Å². The van der Waals surface area contributed by atoms with Gasteiger partial charge in [-0.05, 0) is 106 Å². The number of benzene rings is 2. The minimum atomic E-state index is -1.16. The molecular formula is C39H47N5O11. The third-order valence-electron chi connectivity index (χ3n) is 9.35.